The highest BCUT2D eigenvalue weighted by Crippen LogP contribution is 2.36. The van der Waals surface area contributed by atoms with Crippen molar-refractivity contribution in [3.8, 4) is 0 Å². The molecule has 4 heterocycles. The van der Waals surface area contributed by atoms with Gasteiger partial charge in [0.2, 0.25) is 0 Å². The summed E-state index contributed by atoms with van der Waals surface area (Å²) in [7, 11) is 4.98. The van der Waals surface area contributed by atoms with E-state index in [2.05, 4.69) is 15.3 Å². The Morgan fingerprint density at radius 3 is 2.75 bits per heavy atom. The van der Waals surface area contributed by atoms with Gasteiger partial charge < -0.3 is 14.5 Å². The van der Waals surface area contributed by atoms with Crippen LogP contribution in [0, 0.1) is 6.92 Å². The van der Waals surface area contributed by atoms with Crippen LogP contribution in [0.15, 0.2) is 41.0 Å². The van der Waals surface area contributed by atoms with Crippen LogP contribution in [0.5, 0.6) is 0 Å². The number of hydrogen-bond donors (Lipinski definition) is 1. The van der Waals surface area contributed by atoms with Crippen molar-refractivity contribution in [3.63, 3.8) is 0 Å². The lowest BCUT2D eigenvalue weighted by Gasteiger charge is -2.14. The van der Waals surface area contributed by atoms with Crippen molar-refractivity contribution in [2.24, 2.45) is 7.05 Å². The van der Waals surface area contributed by atoms with E-state index in [1.54, 1.807) is 19.4 Å². The van der Waals surface area contributed by atoms with E-state index < -0.39 is 5.97 Å². The fraction of sp³-hybridized carbons (Fsp3) is 0.273. The summed E-state index contributed by atoms with van der Waals surface area (Å²) in [6.07, 6.45) is 1.65. The highest BCUT2D eigenvalue weighted by Gasteiger charge is 2.23. The largest absolute Gasteiger partial charge is 0.468 e. The molecule has 166 valence electrons. The predicted molar refractivity (Wildman–Crippen MR) is 121 cm³/mol. The SMILES string of the molecule is COC(=O)c1sc2nc(CN(C)Cc3ccco3)ccc2c1NC(=O)c1cc(C)nn1C. The molecular weight excluding hydrogens is 430 g/mol. The molecule has 1 amide bonds. The number of aryl methyl sites for hydroxylation is 2. The average molecular weight is 454 g/mol. The van der Waals surface area contributed by atoms with Gasteiger partial charge >= 0.3 is 5.97 Å². The highest BCUT2D eigenvalue weighted by molar-refractivity contribution is 7.21. The number of thiophene rings is 1. The maximum atomic E-state index is 12.9. The molecule has 4 aromatic rings. The van der Waals surface area contributed by atoms with E-state index in [0.29, 0.717) is 39.6 Å². The van der Waals surface area contributed by atoms with Gasteiger partial charge in [0, 0.05) is 19.0 Å². The molecule has 0 aromatic carbocycles. The molecule has 0 spiro atoms. The molecule has 4 rings (SSSR count). The summed E-state index contributed by atoms with van der Waals surface area (Å²) in [5.41, 5.74) is 2.35. The molecule has 0 unspecified atom stereocenters. The van der Waals surface area contributed by atoms with Crippen molar-refractivity contribution in [1.29, 1.82) is 0 Å². The number of aromatic nitrogens is 3. The van der Waals surface area contributed by atoms with E-state index in [1.165, 1.54) is 23.1 Å². The molecule has 1 N–H and O–H groups in total. The molecule has 0 aliphatic heterocycles. The number of hydrogen-bond acceptors (Lipinski definition) is 8. The van der Waals surface area contributed by atoms with Crippen LogP contribution in [0.4, 0.5) is 5.69 Å². The first-order valence-corrected chi connectivity index (χ1v) is 10.7. The van der Waals surface area contributed by atoms with Gasteiger partial charge in [0.05, 0.1) is 37.0 Å². The molecule has 0 aliphatic carbocycles. The normalized spacial score (nSPS) is 11.3. The highest BCUT2D eigenvalue weighted by atomic mass is 32.1. The third-order valence-corrected chi connectivity index (χ3v) is 5.97. The van der Waals surface area contributed by atoms with Gasteiger partial charge in [-0.15, -0.1) is 11.3 Å². The van der Waals surface area contributed by atoms with Gasteiger partial charge in [0.1, 0.15) is 21.2 Å². The second-order valence-corrected chi connectivity index (χ2v) is 8.45. The molecule has 4 aromatic heterocycles. The lowest BCUT2D eigenvalue weighted by molar-refractivity contribution is 0.0607. The van der Waals surface area contributed by atoms with Crippen molar-refractivity contribution in [1.82, 2.24) is 19.7 Å². The third kappa shape index (κ3) is 4.41. The second kappa shape index (κ2) is 8.93. The predicted octanol–water partition coefficient (Wildman–Crippen LogP) is 3.60. The first-order chi connectivity index (χ1) is 15.4. The van der Waals surface area contributed by atoms with Crippen molar-refractivity contribution in [3.05, 3.63) is 64.3 Å². The lowest BCUT2D eigenvalue weighted by atomic mass is 10.2. The number of carbonyl (C=O) groups excluding carboxylic acids is 2. The number of pyridine rings is 1. The first-order valence-electron chi connectivity index (χ1n) is 9.89. The second-order valence-electron chi connectivity index (χ2n) is 7.45. The number of furan rings is 1. The molecule has 32 heavy (non-hydrogen) atoms. The Hall–Kier alpha value is -3.50. The van der Waals surface area contributed by atoms with Crippen molar-refractivity contribution in [2.75, 3.05) is 19.5 Å². The smallest absolute Gasteiger partial charge is 0.350 e. The number of amides is 1. The van der Waals surface area contributed by atoms with E-state index in [0.717, 1.165) is 17.1 Å². The number of carbonyl (C=O) groups is 2. The minimum atomic E-state index is -0.527. The summed E-state index contributed by atoms with van der Waals surface area (Å²) in [6.45, 7) is 3.05. The van der Waals surface area contributed by atoms with E-state index in [-0.39, 0.29) is 5.91 Å². The summed E-state index contributed by atoms with van der Waals surface area (Å²) in [6, 6.07) is 9.22. The Bertz CT molecular complexity index is 1280. The summed E-state index contributed by atoms with van der Waals surface area (Å²) in [5, 5.41) is 7.74. The van der Waals surface area contributed by atoms with Crippen LogP contribution < -0.4 is 5.32 Å². The number of esters is 1. The third-order valence-electron chi connectivity index (χ3n) is 4.89. The standard InChI is InChI=1S/C22H23N5O4S/c1-13-10-17(27(3)25-13)20(28)24-18-16-8-7-14(11-26(2)12-15-6-5-9-31-15)23-21(16)32-19(18)22(29)30-4/h5-10H,11-12H2,1-4H3,(H,24,28). The van der Waals surface area contributed by atoms with Crippen LogP contribution in [0.1, 0.15) is 37.3 Å². The summed E-state index contributed by atoms with van der Waals surface area (Å²) in [5.74, 6) is -0.0192. The zero-order valence-corrected chi connectivity index (χ0v) is 19.0. The van der Waals surface area contributed by atoms with Crippen LogP contribution in [-0.2, 0) is 24.9 Å². The number of nitrogens with one attached hydrogen (secondary N) is 1. The van der Waals surface area contributed by atoms with Gasteiger partial charge in [-0.3, -0.25) is 14.4 Å². The molecule has 0 aliphatic rings. The molecule has 0 radical (unpaired) electrons. The molecule has 10 heteroatoms. The minimum absolute atomic E-state index is 0.295. The minimum Gasteiger partial charge on any atom is -0.468 e. The Morgan fingerprint density at radius 2 is 2.09 bits per heavy atom. The number of nitrogens with zero attached hydrogens (tertiary/aromatic N) is 4. The van der Waals surface area contributed by atoms with Crippen molar-refractivity contribution in [2.45, 2.75) is 20.0 Å². The number of rotatable bonds is 7. The monoisotopic (exact) mass is 453 g/mol. The molecule has 0 saturated heterocycles. The number of fused-ring (bicyclic) bond motifs is 1. The molecule has 0 bridgehead atoms. The van der Waals surface area contributed by atoms with Gasteiger partial charge in [-0.05, 0) is 44.3 Å². The molecule has 0 saturated carbocycles. The van der Waals surface area contributed by atoms with E-state index in [4.69, 9.17) is 14.1 Å². The van der Waals surface area contributed by atoms with Gasteiger partial charge in [-0.2, -0.15) is 5.10 Å². The topological polar surface area (TPSA) is 102 Å². The van der Waals surface area contributed by atoms with Crippen LogP contribution in [-0.4, -0.2) is 45.7 Å². The Kier molecular flexibility index (Phi) is 6.06. The van der Waals surface area contributed by atoms with Gasteiger partial charge in [-0.1, -0.05) is 0 Å². The average Bonchev–Trinajstić information content (AvgIpc) is 3.46. The van der Waals surface area contributed by atoms with E-state index in [1.807, 2.05) is 38.2 Å². The Balaban J connectivity index is 1.63. The van der Waals surface area contributed by atoms with Crippen LogP contribution in [0.25, 0.3) is 10.2 Å². The van der Waals surface area contributed by atoms with Crippen molar-refractivity contribution >= 4 is 39.1 Å². The molecule has 0 fully saturated rings. The van der Waals surface area contributed by atoms with E-state index >= 15 is 0 Å². The first kappa shape index (κ1) is 21.7. The Labute approximate surface area is 188 Å². The van der Waals surface area contributed by atoms with Crippen LogP contribution >= 0.6 is 11.3 Å². The maximum absolute atomic E-state index is 12.9. The van der Waals surface area contributed by atoms with Crippen molar-refractivity contribution < 1.29 is 18.7 Å². The quantitative estimate of drug-likeness (QED) is 0.427. The zero-order valence-electron chi connectivity index (χ0n) is 18.2. The maximum Gasteiger partial charge on any atom is 0.350 e. The number of anilines is 1. The fourth-order valence-electron chi connectivity index (χ4n) is 3.47. The molecule has 0 atom stereocenters. The van der Waals surface area contributed by atoms with Gasteiger partial charge in [0.25, 0.3) is 5.91 Å². The zero-order chi connectivity index (χ0) is 22.8. The van der Waals surface area contributed by atoms with E-state index in [9.17, 15) is 9.59 Å². The van der Waals surface area contributed by atoms with Gasteiger partial charge in [-0.25, -0.2) is 9.78 Å². The lowest BCUT2D eigenvalue weighted by Crippen LogP contribution is -2.18. The number of methoxy groups -OCH3 is 1. The molecular formula is C22H23N5O4S. The summed E-state index contributed by atoms with van der Waals surface area (Å²) < 4.78 is 11.8. The van der Waals surface area contributed by atoms with Crippen LogP contribution in [0.2, 0.25) is 0 Å². The molecule has 9 nitrogen and oxygen atoms in total. The Morgan fingerprint density at radius 1 is 1.28 bits per heavy atom. The van der Waals surface area contributed by atoms with Crippen LogP contribution in [0.3, 0.4) is 0 Å². The fourth-order valence-corrected chi connectivity index (χ4v) is 4.53. The van der Waals surface area contributed by atoms with Gasteiger partial charge in [0.15, 0.2) is 0 Å². The summed E-state index contributed by atoms with van der Waals surface area (Å²) >= 11 is 1.19. The summed E-state index contributed by atoms with van der Waals surface area (Å²) in [4.78, 5) is 33.0. The number of ether oxygens (including phenoxy) is 1.